The molecule has 0 unspecified atom stereocenters. The number of para-hydroxylation sites is 2. The lowest BCUT2D eigenvalue weighted by molar-refractivity contribution is 0.585. The average molecular weight is 369 g/mol. The zero-order valence-corrected chi connectivity index (χ0v) is 14.9. The molecule has 0 spiro atoms. The molecule has 2 heterocycles. The molecule has 3 aromatic rings. The van der Waals surface area contributed by atoms with Crippen molar-refractivity contribution in [1.29, 1.82) is 0 Å². The molecule has 1 aliphatic heterocycles. The fraction of sp³-hybridized carbons (Fsp3) is 0.222. The molecule has 0 amide bonds. The molecule has 2 aromatic carbocycles. The topological polar surface area (TPSA) is 87.2 Å². The molecular formula is C18H19N5O2S. The first-order valence-electron chi connectivity index (χ1n) is 8.44. The van der Waals surface area contributed by atoms with E-state index in [1.54, 1.807) is 30.3 Å². The number of aromatic nitrogens is 2. The van der Waals surface area contributed by atoms with Gasteiger partial charge in [-0.05, 0) is 24.3 Å². The largest absolute Gasteiger partial charge is 0.351 e. The van der Waals surface area contributed by atoms with Crippen LogP contribution in [0, 0.1) is 0 Å². The van der Waals surface area contributed by atoms with Crippen LogP contribution in [-0.2, 0) is 10.0 Å². The van der Waals surface area contributed by atoms with Gasteiger partial charge in [0, 0.05) is 26.2 Å². The number of sulfonamides is 1. The van der Waals surface area contributed by atoms with E-state index in [1.807, 2.05) is 24.3 Å². The van der Waals surface area contributed by atoms with Gasteiger partial charge in [0.15, 0.2) is 11.6 Å². The first kappa shape index (κ1) is 16.7. The van der Waals surface area contributed by atoms with Crippen LogP contribution < -0.4 is 14.9 Å². The summed E-state index contributed by atoms with van der Waals surface area (Å²) in [7, 11) is -3.74. The Morgan fingerprint density at radius 2 is 1.50 bits per heavy atom. The highest BCUT2D eigenvalue weighted by Gasteiger charge is 2.22. The van der Waals surface area contributed by atoms with Gasteiger partial charge in [0.25, 0.3) is 10.0 Å². The van der Waals surface area contributed by atoms with Gasteiger partial charge in [0.1, 0.15) is 0 Å². The molecule has 2 N–H and O–H groups in total. The standard InChI is InChI=1S/C18H19N5O2S/c24-26(25,14-6-2-1-3-7-14)22-17-18(23-12-10-19-11-13-23)21-16-9-5-4-8-15(16)20-17/h1-9,19H,10-13H2,(H,20,22). The van der Waals surface area contributed by atoms with Gasteiger partial charge in [-0.15, -0.1) is 0 Å². The van der Waals surface area contributed by atoms with Crippen molar-refractivity contribution in [1.82, 2.24) is 15.3 Å². The summed E-state index contributed by atoms with van der Waals surface area (Å²) in [6.07, 6.45) is 0. The van der Waals surface area contributed by atoms with E-state index in [9.17, 15) is 8.42 Å². The molecule has 1 aliphatic rings. The lowest BCUT2D eigenvalue weighted by Crippen LogP contribution is -2.44. The molecule has 1 saturated heterocycles. The monoisotopic (exact) mass is 369 g/mol. The number of nitrogens with one attached hydrogen (secondary N) is 2. The van der Waals surface area contributed by atoms with Crippen LogP contribution in [-0.4, -0.2) is 44.6 Å². The lowest BCUT2D eigenvalue weighted by atomic mass is 10.3. The summed E-state index contributed by atoms with van der Waals surface area (Å²) < 4.78 is 28.2. The third-order valence-corrected chi connectivity index (χ3v) is 5.61. The first-order valence-corrected chi connectivity index (χ1v) is 9.92. The van der Waals surface area contributed by atoms with Crippen LogP contribution in [0.5, 0.6) is 0 Å². The fourth-order valence-corrected chi connectivity index (χ4v) is 3.97. The fourth-order valence-electron chi connectivity index (χ4n) is 2.94. The van der Waals surface area contributed by atoms with Gasteiger partial charge in [-0.25, -0.2) is 18.4 Å². The van der Waals surface area contributed by atoms with Crippen LogP contribution >= 0.6 is 0 Å². The molecule has 0 radical (unpaired) electrons. The number of fused-ring (bicyclic) bond motifs is 1. The summed E-state index contributed by atoms with van der Waals surface area (Å²) >= 11 is 0. The minimum Gasteiger partial charge on any atom is -0.351 e. The van der Waals surface area contributed by atoms with Gasteiger partial charge < -0.3 is 10.2 Å². The van der Waals surface area contributed by atoms with E-state index in [2.05, 4.69) is 24.9 Å². The summed E-state index contributed by atoms with van der Waals surface area (Å²) in [4.78, 5) is 11.5. The Morgan fingerprint density at radius 1 is 0.885 bits per heavy atom. The third kappa shape index (κ3) is 3.33. The Labute approximate surface area is 152 Å². The summed E-state index contributed by atoms with van der Waals surface area (Å²) in [6.45, 7) is 3.12. The van der Waals surface area contributed by atoms with Crippen molar-refractivity contribution in [3.63, 3.8) is 0 Å². The molecule has 7 nitrogen and oxygen atoms in total. The number of benzene rings is 2. The molecule has 1 aromatic heterocycles. The predicted molar refractivity (Wildman–Crippen MR) is 102 cm³/mol. The highest BCUT2D eigenvalue weighted by molar-refractivity contribution is 7.92. The maximum absolute atomic E-state index is 12.8. The average Bonchev–Trinajstić information content (AvgIpc) is 2.68. The van der Waals surface area contributed by atoms with Crippen molar-refractivity contribution in [2.24, 2.45) is 0 Å². The minimum absolute atomic E-state index is 0.196. The molecule has 1 fully saturated rings. The van der Waals surface area contributed by atoms with Crippen LogP contribution in [0.15, 0.2) is 59.5 Å². The molecule has 8 heteroatoms. The smallest absolute Gasteiger partial charge is 0.263 e. The van der Waals surface area contributed by atoms with Crippen molar-refractivity contribution < 1.29 is 8.42 Å². The normalized spacial score (nSPS) is 15.2. The van der Waals surface area contributed by atoms with E-state index in [0.29, 0.717) is 11.3 Å². The molecule has 0 aliphatic carbocycles. The van der Waals surface area contributed by atoms with E-state index in [-0.39, 0.29) is 10.7 Å². The molecule has 0 atom stereocenters. The highest BCUT2D eigenvalue weighted by Crippen LogP contribution is 2.27. The molecule has 0 saturated carbocycles. The molecular weight excluding hydrogens is 350 g/mol. The van der Waals surface area contributed by atoms with Gasteiger partial charge in [0.2, 0.25) is 0 Å². The van der Waals surface area contributed by atoms with Gasteiger partial charge >= 0.3 is 0 Å². The lowest BCUT2D eigenvalue weighted by Gasteiger charge is -2.29. The van der Waals surface area contributed by atoms with Crippen molar-refractivity contribution in [2.45, 2.75) is 4.90 Å². The van der Waals surface area contributed by atoms with Crippen molar-refractivity contribution in [2.75, 3.05) is 35.8 Å². The predicted octanol–water partition coefficient (Wildman–Crippen LogP) is 1.84. The molecule has 26 heavy (non-hydrogen) atoms. The van der Waals surface area contributed by atoms with Crippen LogP contribution in [0.1, 0.15) is 0 Å². The van der Waals surface area contributed by atoms with Gasteiger partial charge in [-0.3, -0.25) is 4.72 Å². The first-order chi connectivity index (χ1) is 12.6. The quantitative estimate of drug-likeness (QED) is 0.730. The summed E-state index contributed by atoms with van der Waals surface area (Å²) in [5.74, 6) is 0.819. The van der Waals surface area contributed by atoms with Crippen molar-refractivity contribution >= 4 is 32.7 Å². The van der Waals surface area contributed by atoms with E-state index in [1.165, 1.54) is 0 Å². The van der Waals surface area contributed by atoms with Gasteiger partial charge in [0.05, 0.1) is 15.9 Å². The van der Waals surface area contributed by atoms with Crippen molar-refractivity contribution in [3.8, 4) is 0 Å². The SMILES string of the molecule is O=S(=O)(Nc1nc2ccccc2nc1N1CCNCC1)c1ccccc1. The Balaban J connectivity index is 1.79. The third-order valence-electron chi connectivity index (χ3n) is 4.25. The molecule has 134 valence electrons. The highest BCUT2D eigenvalue weighted by atomic mass is 32.2. The van der Waals surface area contributed by atoms with Crippen LogP contribution in [0.3, 0.4) is 0 Å². The number of anilines is 2. The van der Waals surface area contributed by atoms with Gasteiger partial charge in [-0.2, -0.15) is 0 Å². The molecule has 4 rings (SSSR count). The summed E-state index contributed by atoms with van der Waals surface area (Å²) in [6, 6.07) is 15.7. The second kappa shape index (κ2) is 6.89. The number of nitrogens with zero attached hydrogens (tertiary/aromatic N) is 3. The number of hydrogen-bond donors (Lipinski definition) is 2. The Morgan fingerprint density at radius 3 is 2.19 bits per heavy atom. The van der Waals surface area contributed by atoms with Crippen LogP contribution in [0.25, 0.3) is 11.0 Å². The van der Waals surface area contributed by atoms with E-state index < -0.39 is 10.0 Å². The van der Waals surface area contributed by atoms with E-state index in [4.69, 9.17) is 0 Å². The van der Waals surface area contributed by atoms with Crippen LogP contribution in [0.4, 0.5) is 11.6 Å². The Bertz CT molecular complexity index is 1020. The number of piperazine rings is 1. The van der Waals surface area contributed by atoms with E-state index >= 15 is 0 Å². The summed E-state index contributed by atoms with van der Waals surface area (Å²) in [5, 5.41) is 3.29. The zero-order chi connectivity index (χ0) is 18.0. The van der Waals surface area contributed by atoms with Crippen molar-refractivity contribution in [3.05, 3.63) is 54.6 Å². The number of hydrogen-bond acceptors (Lipinski definition) is 6. The Hall–Kier alpha value is -2.71. The summed E-state index contributed by atoms with van der Waals surface area (Å²) in [5.41, 5.74) is 1.39. The van der Waals surface area contributed by atoms with Crippen LogP contribution in [0.2, 0.25) is 0 Å². The minimum atomic E-state index is -3.74. The number of rotatable bonds is 4. The zero-order valence-electron chi connectivity index (χ0n) is 14.1. The molecule has 0 bridgehead atoms. The Kier molecular flexibility index (Phi) is 4.44. The second-order valence-corrected chi connectivity index (χ2v) is 7.72. The van der Waals surface area contributed by atoms with E-state index in [0.717, 1.165) is 31.7 Å². The maximum atomic E-state index is 12.8. The second-order valence-electron chi connectivity index (χ2n) is 6.04. The maximum Gasteiger partial charge on any atom is 0.263 e. The van der Waals surface area contributed by atoms with Gasteiger partial charge in [-0.1, -0.05) is 30.3 Å².